The number of hydrogen-bond acceptors (Lipinski definition) is 6. The molecule has 6 nitrogen and oxygen atoms in total. The van der Waals surface area contributed by atoms with E-state index in [1.54, 1.807) is 0 Å². The van der Waals surface area contributed by atoms with Gasteiger partial charge in [0.25, 0.3) is 0 Å². The molecule has 0 radical (unpaired) electrons. The van der Waals surface area contributed by atoms with Crippen LogP contribution in [0.3, 0.4) is 0 Å². The van der Waals surface area contributed by atoms with Crippen molar-refractivity contribution in [3.8, 4) is 11.8 Å². The number of nitriles is 1. The fourth-order valence-electron chi connectivity index (χ4n) is 2.14. The van der Waals surface area contributed by atoms with Crippen LogP contribution in [0, 0.1) is 17.1 Å². The first kappa shape index (κ1) is 20.8. The molecule has 0 saturated heterocycles. The number of halogens is 2. The zero-order valence-electron chi connectivity index (χ0n) is 15.4. The molecule has 1 aromatic heterocycles. The summed E-state index contributed by atoms with van der Waals surface area (Å²) in [6.07, 6.45) is 0. The fraction of sp³-hybridized carbons (Fsp3) is 0.316. The number of aromatic nitrogens is 1. The number of rotatable bonds is 5. The normalized spacial score (nSPS) is 12.0. The third-order valence-corrected chi connectivity index (χ3v) is 3.92. The SMILES string of the molecule is COCc1cc(C#N)nc(/C(=N\OC(C)(C)C)c2ccc(F)c(Br)c2)c1O. The zero-order valence-corrected chi connectivity index (χ0v) is 17.0. The van der Waals surface area contributed by atoms with Crippen LogP contribution in [-0.2, 0) is 16.2 Å². The minimum absolute atomic E-state index is 0.0452. The quantitative estimate of drug-likeness (QED) is 0.559. The highest BCUT2D eigenvalue weighted by atomic mass is 79.9. The predicted octanol–water partition coefficient (Wildman–Crippen LogP) is 4.27. The van der Waals surface area contributed by atoms with Gasteiger partial charge in [0.2, 0.25) is 0 Å². The van der Waals surface area contributed by atoms with Gasteiger partial charge in [0.1, 0.15) is 40.3 Å². The average Bonchev–Trinajstić information content (AvgIpc) is 2.60. The molecule has 0 saturated carbocycles. The van der Waals surface area contributed by atoms with Crippen molar-refractivity contribution < 1.29 is 19.1 Å². The van der Waals surface area contributed by atoms with E-state index in [1.165, 1.54) is 31.4 Å². The van der Waals surface area contributed by atoms with Crippen LogP contribution in [0.2, 0.25) is 0 Å². The second kappa shape index (κ2) is 8.46. The van der Waals surface area contributed by atoms with Gasteiger partial charge in [-0.3, -0.25) is 0 Å². The summed E-state index contributed by atoms with van der Waals surface area (Å²) in [5.41, 5.74) is 0.513. The predicted molar refractivity (Wildman–Crippen MR) is 102 cm³/mol. The van der Waals surface area contributed by atoms with Gasteiger partial charge in [0.05, 0.1) is 11.1 Å². The second-order valence-corrected chi connectivity index (χ2v) is 7.54. The lowest BCUT2D eigenvalue weighted by Crippen LogP contribution is -2.18. The topological polar surface area (TPSA) is 87.7 Å². The maximum atomic E-state index is 13.7. The van der Waals surface area contributed by atoms with Gasteiger partial charge in [-0.2, -0.15) is 5.26 Å². The van der Waals surface area contributed by atoms with Crippen molar-refractivity contribution in [2.24, 2.45) is 5.16 Å². The number of benzene rings is 1. The molecule has 2 rings (SSSR count). The van der Waals surface area contributed by atoms with Crippen LogP contribution in [0.25, 0.3) is 0 Å². The average molecular weight is 436 g/mol. The molecule has 1 N–H and O–H groups in total. The number of aromatic hydroxyl groups is 1. The highest BCUT2D eigenvalue weighted by molar-refractivity contribution is 9.10. The number of methoxy groups -OCH3 is 1. The van der Waals surface area contributed by atoms with Crippen molar-refractivity contribution in [2.45, 2.75) is 33.0 Å². The number of hydrogen-bond donors (Lipinski definition) is 1. The molecular formula is C19H19BrFN3O3. The molecule has 0 aliphatic heterocycles. The first-order valence-corrected chi connectivity index (χ1v) is 8.79. The summed E-state index contributed by atoms with van der Waals surface area (Å²) in [6.45, 7) is 5.51. The molecule has 0 atom stereocenters. The molecule has 0 unspecified atom stereocenters. The van der Waals surface area contributed by atoms with E-state index in [1.807, 2.05) is 26.8 Å². The van der Waals surface area contributed by atoms with Gasteiger partial charge in [-0.25, -0.2) is 9.37 Å². The van der Waals surface area contributed by atoms with Crippen molar-refractivity contribution in [3.63, 3.8) is 0 Å². The van der Waals surface area contributed by atoms with Crippen molar-refractivity contribution in [3.05, 3.63) is 57.1 Å². The van der Waals surface area contributed by atoms with E-state index < -0.39 is 11.4 Å². The largest absolute Gasteiger partial charge is 0.505 e. The van der Waals surface area contributed by atoms with Crippen molar-refractivity contribution in [2.75, 3.05) is 7.11 Å². The molecule has 2 aromatic rings. The molecule has 1 heterocycles. The summed E-state index contributed by atoms with van der Waals surface area (Å²) >= 11 is 3.14. The summed E-state index contributed by atoms with van der Waals surface area (Å²) in [4.78, 5) is 9.69. The van der Waals surface area contributed by atoms with Crippen LogP contribution >= 0.6 is 15.9 Å². The lowest BCUT2D eigenvalue weighted by molar-refractivity contribution is 0.00111. The van der Waals surface area contributed by atoms with Gasteiger partial charge in [-0.1, -0.05) is 5.16 Å². The maximum absolute atomic E-state index is 13.7. The fourth-order valence-corrected chi connectivity index (χ4v) is 2.52. The summed E-state index contributed by atoms with van der Waals surface area (Å²) < 4.78 is 19.0. The van der Waals surface area contributed by atoms with Gasteiger partial charge in [0, 0.05) is 18.2 Å². The Bertz CT molecular complexity index is 918. The minimum Gasteiger partial charge on any atom is -0.505 e. The van der Waals surface area contributed by atoms with Gasteiger partial charge >= 0.3 is 0 Å². The minimum atomic E-state index is -0.611. The number of nitrogens with zero attached hydrogens (tertiary/aromatic N) is 3. The molecule has 0 bridgehead atoms. The van der Waals surface area contributed by atoms with Crippen LogP contribution in [-0.4, -0.2) is 28.5 Å². The third kappa shape index (κ3) is 5.25. The second-order valence-electron chi connectivity index (χ2n) is 6.68. The molecule has 0 spiro atoms. The molecule has 142 valence electrons. The lowest BCUT2D eigenvalue weighted by atomic mass is 10.0. The lowest BCUT2D eigenvalue weighted by Gasteiger charge is -2.18. The van der Waals surface area contributed by atoms with E-state index in [0.717, 1.165) is 0 Å². The highest BCUT2D eigenvalue weighted by Gasteiger charge is 2.21. The van der Waals surface area contributed by atoms with Crippen molar-refractivity contribution in [1.29, 1.82) is 5.26 Å². The summed E-state index contributed by atoms with van der Waals surface area (Å²) in [5, 5.41) is 24.1. The van der Waals surface area contributed by atoms with E-state index in [9.17, 15) is 14.8 Å². The Morgan fingerprint density at radius 3 is 2.63 bits per heavy atom. The van der Waals surface area contributed by atoms with Gasteiger partial charge < -0.3 is 14.7 Å². The first-order chi connectivity index (χ1) is 12.7. The van der Waals surface area contributed by atoms with Gasteiger partial charge in [-0.15, -0.1) is 0 Å². The standard InChI is InChI=1S/C19H19BrFN3O3/c1-19(2,3)27-24-16(11-5-6-15(21)14(20)8-11)17-18(25)12(10-26-4)7-13(9-22)23-17/h5-8,25H,10H2,1-4H3/b24-16-. The van der Waals surface area contributed by atoms with Crippen molar-refractivity contribution in [1.82, 2.24) is 4.98 Å². The van der Waals surface area contributed by atoms with Crippen LogP contribution in [0.5, 0.6) is 5.75 Å². The summed E-state index contributed by atoms with van der Waals surface area (Å²) in [6, 6.07) is 7.63. The molecule has 1 aromatic carbocycles. The Morgan fingerprint density at radius 2 is 2.07 bits per heavy atom. The Hall–Kier alpha value is -2.50. The van der Waals surface area contributed by atoms with Crippen LogP contribution < -0.4 is 0 Å². The maximum Gasteiger partial charge on any atom is 0.149 e. The van der Waals surface area contributed by atoms with E-state index >= 15 is 0 Å². The molecule has 0 aliphatic carbocycles. The van der Waals surface area contributed by atoms with Crippen LogP contribution in [0.15, 0.2) is 33.9 Å². The van der Waals surface area contributed by atoms with Crippen molar-refractivity contribution >= 4 is 21.6 Å². The Morgan fingerprint density at radius 1 is 1.37 bits per heavy atom. The van der Waals surface area contributed by atoms with E-state index in [4.69, 9.17) is 9.57 Å². The van der Waals surface area contributed by atoms with E-state index in [-0.39, 0.29) is 33.9 Å². The molecule has 0 amide bonds. The van der Waals surface area contributed by atoms with E-state index in [2.05, 4.69) is 26.1 Å². The molecule has 0 aliphatic rings. The van der Waals surface area contributed by atoms with Crippen LogP contribution in [0.1, 0.15) is 43.3 Å². The molecule has 27 heavy (non-hydrogen) atoms. The smallest absolute Gasteiger partial charge is 0.149 e. The zero-order chi connectivity index (χ0) is 20.2. The van der Waals surface area contributed by atoms with E-state index in [0.29, 0.717) is 11.1 Å². The first-order valence-electron chi connectivity index (χ1n) is 8.00. The van der Waals surface area contributed by atoms with Gasteiger partial charge in [-0.05, 0) is 61.0 Å². The third-order valence-electron chi connectivity index (χ3n) is 3.31. The highest BCUT2D eigenvalue weighted by Crippen LogP contribution is 2.28. The monoisotopic (exact) mass is 435 g/mol. The summed E-state index contributed by atoms with van der Waals surface area (Å²) in [5.74, 6) is -0.634. The van der Waals surface area contributed by atoms with Gasteiger partial charge in [0.15, 0.2) is 0 Å². The molecular weight excluding hydrogens is 417 g/mol. The number of ether oxygens (including phenoxy) is 1. The molecule has 0 fully saturated rings. The Labute approximate surface area is 165 Å². The Balaban J connectivity index is 2.72. The van der Waals surface area contributed by atoms with Crippen LogP contribution in [0.4, 0.5) is 4.39 Å². The molecule has 8 heteroatoms. The Kier molecular flexibility index (Phi) is 6.52. The number of pyridine rings is 1. The summed E-state index contributed by atoms with van der Waals surface area (Å²) in [7, 11) is 1.47. The number of oxime groups is 1.